The van der Waals surface area contributed by atoms with E-state index >= 15 is 0 Å². The molecule has 0 bridgehead atoms. The first-order valence-corrected chi connectivity index (χ1v) is 11.6. The minimum atomic E-state index is 0.409. The van der Waals surface area contributed by atoms with E-state index in [2.05, 4.69) is 53.4 Å². The van der Waals surface area contributed by atoms with Crippen molar-refractivity contribution in [3.05, 3.63) is 65.5 Å². The van der Waals surface area contributed by atoms with Crippen LogP contribution in [-0.4, -0.2) is 26.3 Å². The maximum absolute atomic E-state index is 8.96. The average Bonchev–Trinajstić information content (AvgIpc) is 3.44. The van der Waals surface area contributed by atoms with Crippen molar-refractivity contribution in [3.63, 3.8) is 0 Å². The van der Waals surface area contributed by atoms with E-state index in [-0.39, 0.29) is 0 Å². The number of nitrogens with one attached hydrogen (secondary N) is 1. The molecule has 0 saturated carbocycles. The lowest BCUT2D eigenvalue weighted by molar-refractivity contribution is 0.218. The van der Waals surface area contributed by atoms with Crippen molar-refractivity contribution in [3.8, 4) is 17.7 Å². The monoisotopic (exact) mass is 444 g/mol. The Morgan fingerprint density at radius 1 is 1.24 bits per heavy atom. The molecule has 0 saturated heterocycles. The largest absolute Gasteiger partial charge is 0.419 e. The van der Waals surface area contributed by atoms with Crippen LogP contribution in [0.1, 0.15) is 44.2 Å². The molecule has 1 N–H and O–H groups in total. The lowest BCUT2D eigenvalue weighted by Crippen LogP contribution is -2.34. The van der Waals surface area contributed by atoms with E-state index in [0.29, 0.717) is 41.0 Å². The standard InChI is InChI=1S/C26H32N6O/c1-17(2)23-10-21(11-25-30-31-26(33-25)24-15-29-16-32(24)4)18(3)9-22(23)14-28-13-20-7-5-19(12-27)6-8-20/h5-9,15-17,21-23,28H,10-11,13-14H2,1-4H3. The molecule has 2 aromatic heterocycles. The van der Waals surface area contributed by atoms with Crippen molar-refractivity contribution in [2.45, 2.75) is 40.2 Å². The van der Waals surface area contributed by atoms with Crippen LogP contribution in [0.4, 0.5) is 0 Å². The quantitative estimate of drug-likeness (QED) is 0.513. The summed E-state index contributed by atoms with van der Waals surface area (Å²) in [6.07, 6.45) is 7.81. The number of benzene rings is 1. The maximum atomic E-state index is 8.96. The van der Waals surface area contributed by atoms with Gasteiger partial charge in [-0.05, 0) is 54.7 Å². The minimum absolute atomic E-state index is 0.409. The highest BCUT2D eigenvalue weighted by Gasteiger charge is 2.32. The molecule has 0 amide bonds. The zero-order valence-corrected chi connectivity index (χ0v) is 19.8. The Morgan fingerprint density at radius 2 is 2.03 bits per heavy atom. The number of nitrogens with zero attached hydrogens (tertiary/aromatic N) is 5. The van der Waals surface area contributed by atoms with Crippen LogP contribution in [0.3, 0.4) is 0 Å². The summed E-state index contributed by atoms with van der Waals surface area (Å²) in [4.78, 5) is 4.13. The number of hydrogen-bond acceptors (Lipinski definition) is 6. The number of hydrogen-bond donors (Lipinski definition) is 1. The van der Waals surface area contributed by atoms with E-state index in [1.165, 1.54) is 11.1 Å². The van der Waals surface area contributed by atoms with E-state index in [1.54, 1.807) is 12.5 Å². The Morgan fingerprint density at radius 3 is 2.70 bits per heavy atom. The summed E-state index contributed by atoms with van der Waals surface area (Å²) in [5, 5.41) is 21.1. The van der Waals surface area contributed by atoms with Gasteiger partial charge in [-0.1, -0.05) is 37.6 Å². The predicted molar refractivity (Wildman–Crippen MR) is 127 cm³/mol. The van der Waals surface area contributed by atoms with Crippen LogP contribution in [0.5, 0.6) is 0 Å². The number of rotatable bonds is 8. The van der Waals surface area contributed by atoms with Gasteiger partial charge < -0.3 is 14.3 Å². The first-order chi connectivity index (χ1) is 15.9. The highest BCUT2D eigenvalue weighted by Crippen LogP contribution is 2.38. The SMILES string of the molecule is CC1=CC(CNCc2ccc(C#N)cc2)C(C(C)C)CC1Cc1nnc(-c2cncn2C)o1. The highest BCUT2D eigenvalue weighted by atomic mass is 16.4. The van der Waals surface area contributed by atoms with Crippen molar-refractivity contribution in [2.24, 2.45) is 30.7 Å². The smallest absolute Gasteiger partial charge is 0.265 e. The summed E-state index contributed by atoms with van der Waals surface area (Å²) in [6, 6.07) is 9.96. The van der Waals surface area contributed by atoms with Gasteiger partial charge in [0.05, 0.1) is 24.2 Å². The molecule has 0 spiro atoms. The fourth-order valence-electron chi connectivity index (χ4n) is 4.80. The molecule has 172 valence electrons. The number of aryl methyl sites for hydroxylation is 1. The van der Waals surface area contributed by atoms with Gasteiger partial charge >= 0.3 is 0 Å². The lowest BCUT2D eigenvalue weighted by Gasteiger charge is -2.37. The molecule has 0 fully saturated rings. The second-order valence-corrected chi connectivity index (χ2v) is 9.45. The number of imidazole rings is 1. The van der Waals surface area contributed by atoms with Gasteiger partial charge in [0.1, 0.15) is 5.69 Å². The van der Waals surface area contributed by atoms with E-state index < -0.39 is 0 Å². The van der Waals surface area contributed by atoms with Gasteiger partial charge in [0, 0.05) is 26.6 Å². The third-order valence-electron chi connectivity index (χ3n) is 6.80. The number of aromatic nitrogens is 4. The van der Waals surface area contributed by atoms with E-state index in [4.69, 9.17) is 9.68 Å². The van der Waals surface area contributed by atoms with Crippen molar-refractivity contribution in [1.29, 1.82) is 5.26 Å². The molecular weight excluding hydrogens is 412 g/mol. The summed E-state index contributed by atoms with van der Waals surface area (Å²) < 4.78 is 7.85. The van der Waals surface area contributed by atoms with E-state index in [1.807, 2.05) is 35.9 Å². The Labute approximate surface area is 195 Å². The molecule has 7 heteroatoms. The highest BCUT2D eigenvalue weighted by molar-refractivity contribution is 5.44. The van der Waals surface area contributed by atoms with E-state index in [9.17, 15) is 0 Å². The summed E-state index contributed by atoms with van der Waals surface area (Å²) in [5.41, 5.74) is 4.13. The number of nitriles is 1. The Bertz CT molecular complexity index is 1130. The van der Waals surface area contributed by atoms with Crippen LogP contribution >= 0.6 is 0 Å². The Kier molecular flexibility index (Phi) is 7.05. The molecule has 7 nitrogen and oxygen atoms in total. The van der Waals surface area contributed by atoms with Crippen molar-refractivity contribution in [2.75, 3.05) is 6.54 Å². The van der Waals surface area contributed by atoms with Gasteiger partial charge in [0.25, 0.3) is 5.89 Å². The van der Waals surface area contributed by atoms with E-state index in [0.717, 1.165) is 31.6 Å². The molecular formula is C26H32N6O. The van der Waals surface area contributed by atoms with Gasteiger partial charge in [0.2, 0.25) is 5.89 Å². The summed E-state index contributed by atoms with van der Waals surface area (Å²) in [7, 11) is 1.92. The fraction of sp³-hybridized carbons (Fsp3) is 0.462. The van der Waals surface area contributed by atoms with Gasteiger partial charge in [0.15, 0.2) is 0 Å². The van der Waals surface area contributed by atoms with Crippen molar-refractivity contribution in [1.82, 2.24) is 25.1 Å². The Balaban J connectivity index is 1.39. The second-order valence-electron chi connectivity index (χ2n) is 9.45. The van der Waals surface area contributed by atoms with Crippen LogP contribution < -0.4 is 5.32 Å². The van der Waals surface area contributed by atoms with Crippen LogP contribution in [0.2, 0.25) is 0 Å². The molecule has 1 aromatic carbocycles. The summed E-state index contributed by atoms with van der Waals surface area (Å²) in [5.74, 6) is 3.29. The van der Waals surface area contributed by atoms with Gasteiger partial charge in [-0.25, -0.2) is 4.98 Å². The number of allylic oxidation sites excluding steroid dienone is 1. The summed E-state index contributed by atoms with van der Waals surface area (Å²) >= 11 is 0. The summed E-state index contributed by atoms with van der Waals surface area (Å²) in [6.45, 7) is 8.61. The van der Waals surface area contributed by atoms with Crippen molar-refractivity contribution < 1.29 is 4.42 Å². The Hall–Kier alpha value is -3.24. The van der Waals surface area contributed by atoms with Gasteiger partial charge in [-0.3, -0.25) is 0 Å². The molecule has 1 aliphatic rings. The topological polar surface area (TPSA) is 92.6 Å². The van der Waals surface area contributed by atoms with Crippen LogP contribution in [-0.2, 0) is 20.0 Å². The molecule has 2 heterocycles. The lowest BCUT2D eigenvalue weighted by atomic mass is 9.70. The zero-order chi connectivity index (χ0) is 23.4. The molecule has 33 heavy (non-hydrogen) atoms. The normalized spacial score (nSPS) is 20.6. The first kappa shape index (κ1) is 22.9. The predicted octanol–water partition coefficient (Wildman–Crippen LogP) is 4.53. The van der Waals surface area contributed by atoms with Crippen LogP contribution in [0.15, 0.2) is 52.9 Å². The third-order valence-corrected chi connectivity index (χ3v) is 6.80. The molecule has 0 radical (unpaired) electrons. The van der Waals surface area contributed by atoms with Gasteiger partial charge in [-0.15, -0.1) is 10.2 Å². The molecule has 0 aliphatic heterocycles. The molecule has 3 unspecified atom stereocenters. The second kappa shape index (κ2) is 10.1. The molecule has 4 rings (SSSR count). The minimum Gasteiger partial charge on any atom is -0.419 e. The fourth-order valence-corrected chi connectivity index (χ4v) is 4.80. The zero-order valence-electron chi connectivity index (χ0n) is 19.8. The average molecular weight is 445 g/mol. The van der Waals surface area contributed by atoms with Crippen LogP contribution in [0, 0.1) is 35.0 Å². The molecule has 3 aromatic rings. The molecule has 1 aliphatic carbocycles. The van der Waals surface area contributed by atoms with Gasteiger partial charge in [-0.2, -0.15) is 5.26 Å². The van der Waals surface area contributed by atoms with Crippen LogP contribution in [0.25, 0.3) is 11.6 Å². The van der Waals surface area contributed by atoms with Crippen molar-refractivity contribution >= 4 is 0 Å². The third kappa shape index (κ3) is 5.40. The first-order valence-electron chi connectivity index (χ1n) is 11.6. The maximum Gasteiger partial charge on any atom is 0.265 e. The molecule has 3 atom stereocenters.